The van der Waals surface area contributed by atoms with Crippen LogP contribution in [0, 0.1) is 19.8 Å². The van der Waals surface area contributed by atoms with Gasteiger partial charge in [0.05, 0.1) is 5.69 Å². The van der Waals surface area contributed by atoms with Crippen LogP contribution in [0.4, 0.5) is 0 Å². The predicted molar refractivity (Wildman–Crippen MR) is 85.8 cm³/mol. The van der Waals surface area contributed by atoms with Gasteiger partial charge >= 0.3 is 0 Å². The summed E-state index contributed by atoms with van der Waals surface area (Å²) in [5.41, 5.74) is 2.12. The molecular weight excluding hydrogens is 298 g/mol. The van der Waals surface area contributed by atoms with Gasteiger partial charge in [-0.2, -0.15) is 0 Å². The lowest BCUT2D eigenvalue weighted by Crippen LogP contribution is -2.29. The van der Waals surface area contributed by atoms with Crippen LogP contribution in [-0.2, 0) is 19.2 Å². The maximum Gasteiger partial charge on any atom is 0.191 e. The molecule has 0 amide bonds. The number of nitrogens with zero attached hydrogens (tertiary/aromatic N) is 4. The van der Waals surface area contributed by atoms with Crippen LogP contribution in [0.3, 0.4) is 0 Å². The molecule has 120 valence electrons. The second-order valence-electron chi connectivity index (χ2n) is 5.95. The highest BCUT2D eigenvalue weighted by Crippen LogP contribution is 2.26. The van der Waals surface area contributed by atoms with Crippen molar-refractivity contribution in [1.82, 2.24) is 25.2 Å². The minimum Gasteiger partial charge on any atom is -0.361 e. The Labute approximate surface area is 135 Å². The van der Waals surface area contributed by atoms with Crippen LogP contribution in [0.25, 0.3) is 0 Å². The molecule has 0 aliphatic carbocycles. The highest BCUT2D eigenvalue weighted by atomic mass is 32.2. The summed E-state index contributed by atoms with van der Waals surface area (Å²) in [5.74, 6) is 3.53. The predicted octanol–water partition coefficient (Wildman–Crippen LogP) is 2.25. The van der Waals surface area contributed by atoms with E-state index in [1.807, 2.05) is 13.8 Å². The second kappa shape index (κ2) is 6.83. The smallest absolute Gasteiger partial charge is 0.191 e. The molecule has 0 saturated carbocycles. The molecule has 6 nitrogen and oxygen atoms in total. The average molecular weight is 321 g/mol. The molecule has 3 rings (SSSR count). The van der Waals surface area contributed by atoms with Gasteiger partial charge in [-0.25, -0.2) is 0 Å². The van der Waals surface area contributed by atoms with E-state index in [2.05, 4.69) is 32.3 Å². The van der Waals surface area contributed by atoms with Gasteiger partial charge in [-0.1, -0.05) is 16.9 Å². The molecule has 0 bridgehead atoms. The molecule has 0 radical (unpaired) electrons. The van der Waals surface area contributed by atoms with E-state index < -0.39 is 0 Å². The van der Waals surface area contributed by atoms with E-state index in [0.29, 0.717) is 0 Å². The minimum atomic E-state index is 0.726. The van der Waals surface area contributed by atoms with Gasteiger partial charge < -0.3 is 14.4 Å². The maximum atomic E-state index is 5.21. The Morgan fingerprint density at radius 1 is 1.27 bits per heavy atom. The first-order chi connectivity index (χ1) is 10.6. The van der Waals surface area contributed by atoms with Crippen LogP contribution >= 0.6 is 11.8 Å². The maximum absolute atomic E-state index is 5.21. The van der Waals surface area contributed by atoms with Crippen molar-refractivity contribution in [2.75, 3.05) is 13.1 Å². The lowest BCUT2D eigenvalue weighted by Gasteiger charge is -2.21. The van der Waals surface area contributed by atoms with Gasteiger partial charge in [0.15, 0.2) is 5.16 Å². The summed E-state index contributed by atoms with van der Waals surface area (Å²) in [7, 11) is 2.06. The molecule has 0 aromatic carbocycles. The lowest BCUT2D eigenvalue weighted by atomic mass is 9.94. The van der Waals surface area contributed by atoms with Crippen molar-refractivity contribution in [2.24, 2.45) is 13.0 Å². The van der Waals surface area contributed by atoms with Gasteiger partial charge in [0.2, 0.25) is 0 Å². The zero-order valence-corrected chi connectivity index (χ0v) is 14.2. The van der Waals surface area contributed by atoms with Crippen LogP contribution in [0.2, 0.25) is 0 Å². The minimum absolute atomic E-state index is 0.726. The number of thioether (sulfide) groups is 1. The molecule has 0 spiro atoms. The fourth-order valence-electron chi connectivity index (χ4n) is 2.84. The number of hydrogen-bond donors (Lipinski definition) is 1. The molecule has 1 aliphatic heterocycles. The van der Waals surface area contributed by atoms with E-state index >= 15 is 0 Å². The third kappa shape index (κ3) is 3.35. The third-order valence-electron chi connectivity index (χ3n) is 4.38. The number of piperidine rings is 1. The van der Waals surface area contributed by atoms with Crippen LogP contribution in [0.5, 0.6) is 0 Å². The van der Waals surface area contributed by atoms with E-state index in [4.69, 9.17) is 4.52 Å². The fraction of sp³-hybridized carbons (Fsp3) is 0.667. The molecule has 3 heterocycles. The summed E-state index contributed by atoms with van der Waals surface area (Å²) in [6.07, 6.45) is 3.49. The average Bonchev–Trinajstić information content (AvgIpc) is 3.03. The van der Waals surface area contributed by atoms with Crippen molar-refractivity contribution in [3.63, 3.8) is 0 Å². The topological polar surface area (TPSA) is 68.8 Å². The van der Waals surface area contributed by atoms with Crippen LogP contribution in [0.1, 0.15) is 35.7 Å². The molecule has 1 fully saturated rings. The molecular formula is C15H23N5OS. The van der Waals surface area contributed by atoms with Gasteiger partial charge in [0.1, 0.15) is 11.6 Å². The van der Waals surface area contributed by atoms with E-state index in [0.717, 1.165) is 59.2 Å². The van der Waals surface area contributed by atoms with Gasteiger partial charge in [0, 0.05) is 24.8 Å². The van der Waals surface area contributed by atoms with E-state index in [9.17, 15) is 0 Å². The Hall–Kier alpha value is -1.34. The molecule has 22 heavy (non-hydrogen) atoms. The Balaban J connectivity index is 1.63. The first kappa shape index (κ1) is 15.6. The van der Waals surface area contributed by atoms with Crippen LogP contribution < -0.4 is 5.32 Å². The van der Waals surface area contributed by atoms with E-state index in [1.54, 1.807) is 11.8 Å². The lowest BCUT2D eigenvalue weighted by molar-refractivity contribution is 0.363. The van der Waals surface area contributed by atoms with Gasteiger partial charge in [0.25, 0.3) is 0 Å². The quantitative estimate of drug-likeness (QED) is 0.852. The Morgan fingerprint density at radius 2 is 2.05 bits per heavy atom. The third-order valence-corrected chi connectivity index (χ3v) is 5.43. The molecule has 1 saturated heterocycles. The summed E-state index contributed by atoms with van der Waals surface area (Å²) < 4.78 is 7.34. The molecule has 2 aromatic heterocycles. The van der Waals surface area contributed by atoms with Crippen molar-refractivity contribution in [3.05, 3.63) is 22.8 Å². The number of aromatic nitrogens is 4. The molecule has 0 unspecified atom stereocenters. The van der Waals surface area contributed by atoms with Crippen molar-refractivity contribution >= 4 is 11.8 Å². The number of nitrogens with one attached hydrogen (secondary N) is 1. The van der Waals surface area contributed by atoms with Crippen molar-refractivity contribution in [3.8, 4) is 0 Å². The summed E-state index contributed by atoms with van der Waals surface area (Å²) in [6, 6.07) is 0. The van der Waals surface area contributed by atoms with Gasteiger partial charge in [-0.3, -0.25) is 0 Å². The van der Waals surface area contributed by atoms with Crippen molar-refractivity contribution < 1.29 is 4.52 Å². The monoisotopic (exact) mass is 321 g/mol. The zero-order chi connectivity index (χ0) is 15.5. The number of hydrogen-bond acceptors (Lipinski definition) is 6. The first-order valence-electron chi connectivity index (χ1n) is 7.78. The largest absolute Gasteiger partial charge is 0.361 e. The van der Waals surface area contributed by atoms with Crippen LogP contribution in [-0.4, -0.2) is 33.0 Å². The second-order valence-corrected chi connectivity index (χ2v) is 6.89. The SMILES string of the molecule is Cc1noc(C)c1CSc1nnc(CC2CCNCC2)n1C. The molecule has 1 N–H and O–H groups in total. The highest BCUT2D eigenvalue weighted by Gasteiger charge is 2.18. The van der Waals surface area contributed by atoms with Crippen molar-refractivity contribution in [1.29, 1.82) is 0 Å². The van der Waals surface area contributed by atoms with Crippen molar-refractivity contribution in [2.45, 2.75) is 44.0 Å². The Kier molecular flexibility index (Phi) is 4.83. The number of aryl methyl sites for hydroxylation is 2. The van der Waals surface area contributed by atoms with E-state index in [-0.39, 0.29) is 0 Å². The standard InChI is InChI=1S/C15H23N5OS/c1-10-13(11(2)21-19-10)9-22-15-18-17-14(20(15)3)8-12-4-6-16-7-5-12/h12,16H,4-9H2,1-3H3. The molecule has 7 heteroatoms. The Bertz CT molecular complexity index is 610. The van der Waals surface area contributed by atoms with Crippen LogP contribution in [0.15, 0.2) is 9.68 Å². The highest BCUT2D eigenvalue weighted by molar-refractivity contribution is 7.98. The van der Waals surface area contributed by atoms with Gasteiger partial charge in [-0.05, 0) is 45.7 Å². The normalized spacial score (nSPS) is 16.3. The molecule has 2 aromatic rings. The number of rotatable bonds is 5. The fourth-order valence-corrected chi connectivity index (χ4v) is 3.92. The zero-order valence-electron chi connectivity index (χ0n) is 13.4. The summed E-state index contributed by atoms with van der Waals surface area (Å²) in [4.78, 5) is 0. The first-order valence-corrected chi connectivity index (χ1v) is 8.77. The summed E-state index contributed by atoms with van der Waals surface area (Å²) in [6.45, 7) is 6.17. The molecule has 1 aliphatic rings. The van der Waals surface area contributed by atoms with E-state index in [1.165, 1.54) is 12.8 Å². The molecule has 0 atom stereocenters. The van der Waals surface area contributed by atoms with Gasteiger partial charge in [-0.15, -0.1) is 10.2 Å². The summed E-state index contributed by atoms with van der Waals surface area (Å²) >= 11 is 1.69. The summed E-state index contributed by atoms with van der Waals surface area (Å²) in [5, 5.41) is 17.1. The Morgan fingerprint density at radius 3 is 2.73 bits per heavy atom.